The Bertz CT molecular complexity index is 549. The van der Waals surface area contributed by atoms with Crippen molar-refractivity contribution >= 4 is 23.3 Å². The van der Waals surface area contributed by atoms with Crippen LogP contribution in [0.3, 0.4) is 0 Å². The molecule has 2 aromatic rings. The molecule has 0 unspecified atom stereocenters. The molecular formula is C16H24ClN3O. The Morgan fingerprint density at radius 1 is 1.29 bits per heavy atom. The largest absolute Gasteiger partial charge is 0.490 e. The number of H-pyrrole nitrogens is 1. The van der Waals surface area contributed by atoms with Crippen LogP contribution in [0.5, 0.6) is 5.75 Å². The van der Waals surface area contributed by atoms with Gasteiger partial charge >= 0.3 is 0 Å². The zero-order valence-corrected chi connectivity index (χ0v) is 13.3. The smallest absolute Gasteiger partial charge is 0.120 e. The number of rotatable bonds is 5. The molecule has 21 heavy (non-hydrogen) atoms. The molecule has 1 aliphatic carbocycles. The highest BCUT2D eigenvalue weighted by Gasteiger charge is 2.21. The molecule has 1 aromatic heterocycles. The van der Waals surface area contributed by atoms with E-state index in [1.807, 2.05) is 18.3 Å². The van der Waals surface area contributed by atoms with Crippen LogP contribution in [0.15, 0.2) is 24.4 Å². The molecule has 0 radical (unpaired) electrons. The van der Waals surface area contributed by atoms with Crippen molar-refractivity contribution in [3.63, 3.8) is 0 Å². The highest BCUT2D eigenvalue weighted by Crippen LogP contribution is 2.25. The molecule has 1 aliphatic rings. The molecule has 0 amide bonds. The summed E-state index contributed by atoms with van der Waals surface area (Å²) in [6.07, 6.45) is 8.14. The van der Waals surface area contributed by atoms with Crippen molar-refractivity contribution in [3.05, 3.63) is 24.4 Å². The van der Waals surface area contributed by atoms with Gasteiger partial charge in [0.1, 0.15) is 5.75 Å². The van der Waals surface area contributed by atoms with Crippen molar-refractivity contribution in [2.75, 3.05) is 6.54 Å². The van der Waals surface area contributed by atoms with E-state index in [1.54, 1.807) is 0 Å². The number of fused-ring (bicyclic) bond motifs is 1. The summed E-state index contributed by atoms with van der Waals surface area (Å²) in [6.45, 7) is 3.35. The summed E-state index contributed by atoms with van der Waals surface area (Å²) < 4.78 is 6.12. The lowest BCUT2D eigenvalue weighted by atomic mass is 9.93. The van der Waals surface area contributed by atoms with Gasteiger partial charge in [0, 0.05) is 11.4 Å². The van der Waals surface area contributed by atoms with E-state index in [0.29, 0.717) is 12.1 Å². The molecule has 1 heterocycles. The van der Waals surface area contributed by atoms with E-state index in [-0.39, 0.29) is 12.4 Å². The van der Waals surface area contributed by atoms with Crippen LogP contribution in [-0.4, -0.2) is 28.9 Å². The zero-order valence-electron chi connectivity index (χ0n) is 12.5. The van der Waals surface area contributed by atoms with Crippen LogP contribution in [0.4, 0.5) is 0 Å². The maximum absolute atomic E-state index is 6.12. The number of nitrogens with zero attached hydrogens (tertiary/aromatic N) is 1. The monoisotopic (exact) mass is 309 g/mol. The minimum absolute atomic E-state index is 0. The average Bonchev–Trinajstić information content (AvgIpc) is 2.94. The van der Waals surface area contributed by atoms with E-state index in [4.69, 9.17) is 4.74 Å². The third-order valence-electron chi connectivity index (χ3n) is 4.07. The standard InChI is InChI=1S/C16H23N3O.ClH/c1-2-9-17-13-3-5-14(6-4-13)20-15-7-8-16-12(10-15)11-18-19-16;/h7-8,10-11,13-14,17H,2-6,9H2,1H3,(H,18,19);1H/t13-,14-;. The summed E-state index contributed by atoms with van der Waals surface area (Å²) >= 11 is 0. The molecule has 0 saturated heterocycles. The number of aromatic amines is 1. The summed E-state index contributed by atoms with van der Waals surface area (Å²) in [7, 11) is 0. The van der Waals surface area contributed by atoms with E-state index in [2.05, 4.69) is 28.5 Å². The first kappa shape index (κ1) is 16.1. The molecule has 1 aromatic carbocycles. The number of hydrogen-bond acceptors (Lipinski definition) is 3. The molecule has 1 saturated carbocycles. The highest BCUT2D eigenvalue weighted by molar-refractivity contribution is 5.85. The molecule has 5 heteroatoms. The van der Waals surface area contributed by atoms with Crippen LogP contribution in [-0.2, 0) is 0 Å². The number of hydrogen-bond donors (Lipinski definition) is 2. The minimum Gasteiger partial charge on any atom is -0.490 e. The predicted molar refractivity (Wildman–Crippen MR) is 88.3 cm³/mol. The maximum atomic E-state index is 6.12. The number of ether oxygens (including phenoxy) is 1. The van der Waals surface area contributed by atoms with Crippen LogP contribution in [0.2, 0.25) is 0 Å². The molecule has 0 spiro atoms. The molecule has 2 N–H and O–H groups in total. The van der Waals surface area contributed by atoms with E-state index < -0.39 is 0 Å². The van der Waals surface area contributed by atoms with Crippen LogP contribution < -0.4 is 10.1 Å². The molecule has 3 rings (SSSR count). The lowest BCUT2D eigenvalue weighted by molar-refractivity contribution is 0.140. The first-order chi connectivity index (χ1) is 9.85. The molecular weight excluding hydrogens is 286 g/mol. The van der Waals surface area contributed by atoms with Gasteiger partial charge in [-0.1, -0.05) is 6.92 Å². The zero-order chi connectivity index (χ0) is 13.8. The minimum atomic E-state index is 0. The van der Waals surface area contributed by atoms with Crippen molar-refractivity contribution in [2.45, 2.75) is 51.2 Å². The van der Waals surface area contributed by atoms with Crippen molar-refractivity contribution in [1.82, 2.24) is 15.5 Å². The third kappa shape index (κ3) is 4.11. The third-order valence-corrected chi connectivity index (χ3v) is 4.07. The summed E-state index contributed by atoms with van der Waals surface area (Å²) in [6, 6.07) is 6.82. The lowest BCUT2D eigenvalue weighted by Gasteiger charge is -2.29. The van der Waals surface area contributed by atoms with Crippen molar-refractivity contribution < 1.29 is 4.74 Å². The number of halogens is 1. The molecule has 0 atom stereocenters. The van der Waals surface area contributed by atoms with Gasteiger partial charge in [-0.15, -0.1) is 12.4 Å². The number of nitrogens with one attached hydrogen (secondary N) is 2. The van der Waals surface area contributed by atoms with Crippen LogP contribution in [0.25, 0.3) is 10.9 Å². The fraction of sp³-hybridized carbons (Fsp3) is 0.562. The Morgan fingerprint density at radius 2 is 2.10 bits per heavy atom. The predicted octanol–water partition coefficient (Wildman–Crippen LogP) is 3.67. The average molecular weight is 310 g/mol. The van der Waals surface area contributed by atoms with E-state index in [0.717, 1.165) is 36.0 Å². The second-order valence-corrected chi connectivity index (χ2v) is 5.66. The second kappa shape index (κ2) is 7.66. The van der Waals surface area contributed by atoms with E-state index in [1.165, 1.54) is 19.3 Å². The molecule has 4 nitrogen and oxygen atoms in total. The van der Waals surface area contributed by atoms with Gasteiger partial charge in [0.05, 0.1) is 17.8 Å². The molecule has 1 fully saturated rings. The molecule has 116 valence electrons. The number of aromatic nitrogens is 2. The van der Waals surface area contributed by atoms with Crippen LogP contribution in [0, 0.1) is 0 Å². The van der Waals surface area contributed by atoms with Crippen LogP contribution in [0.1, 0.15) is 39.0 Å². The topological polar surface area (TPSA) is 49.9 Å². The van der Waals surface area contributed by atoms with Gasteiger partial charge in [0.2, 0.25) is 0 Å². The van der Waals surface area contributed by atoms with Crippen LogP contribution >= 0.6 is 12.4 Å². The van der Waals surface area contributed by atoms with E-state index in [9.17, 15) is 0 Å². The summed E-state index contributed by atoms with van der Waals surface area (Å²) in [5.41, 5.74) is 1.06. The Morgan fingerprint density at radius 3 is 2.86 bits per heavy atom. The number of benzene rings is 1. The summed E-state index contributed by atoms with van der Waals surface area (Å²) in [4.78, 5) is 0. The maximum Gasteiger partial charge on any atom is 0.120 e. The van der Waals surface area contributed by atoms with Gasteiger partial charge in [-0.2, -0.15) is 5.10 Å². The Balaban J connectivity index is 0.00000161. The summed E-state index contributed by atoms with van der Waals surface area (Å²) in [5.74, 6) is 0.962. The highest BCUT2D eigenvalue weighted by atomic mass is 35.5. The van der Waals surface area contributed by atoms with Gasteiger partial charge in [0.25, 0.3) is 0 Å². The second-order valence-electron chi connectivity index (χ2n) is 5.66. The fourth-order valence-electron chi connectivity index (χ4n) is 2.92. The van der Waals surface area contributed by atoms with Gasteiger partial charge in [0.15, 0.2) is 0 Å². The van der Waals surface area contributed by atoms with Gasteiger partial charge in [-0.05, 0) is 56.8 Å². The normalized spacial score (nSPS) is 22.0. The lowest BCUT2D eigenvalue weighted by Crippen LogP contribution is -2.36. The molecule has 0 aliphatic heterocycles. The Labute approximate surface area is 132 Å². The quantitative estimate of drug-likeness (QED) is 0.886. The SMILES string of the molecule is CCCN[C@H]1CC[C@H](Oc2ccc3[nH]ncc3c2)CC1.Cl. The van der Waals surface area contributed by atoms with Gasteiger partial charge < -0.3 is 10.1 Å². The Hall–Kier alpha value is -1.26. The van der Waals surface area contributed by atoms with Crippen molar-refractivity contribution in [1.29, 1.82) is 0 Å². The Kier molecular flexibility index (Phi) is 5.88. The first-order valence-corrected chi connectivity index (χ1v) is 7.68. The van der Waals surface area contributed by atoms with Gasteiger partial charge in [-0.25, -0.2) is 0 Å². The van der Waals surface area contributed by atoms with Crippen molar-refractivity contribution in [3.8, 4) is 5.75 Å². The van der Waals surface area contributed by atoms with E-state index >= 15 is 0 Å². The first-order valence-electron chi connectivity index (χ1n) is 7.68. The fourth-order valence-corrected chi connectivity index (χ4v) is 2.92. The van der Waals surface area contributed by atoms with Gasteiger partial charge in [-0.3, -0.25) is 5.10 Å². The molecule has 0 bridgehead atoms. The van der Waals surface area contributed by atoms with Crippen molar-refractivity contribution in [2.24, 2.45) is 0 Å². The summed E-state index contributed by atoms with van der Waals surface area (Å²) in [5, 5.41) is 11.7.